The predicted molar refractivity (Wildman–Crippen MR) is 186 cm³/mol. The highest BCUT2D eigenvalue weighted by Gasteiger charge is 2.36. The Hall–Kier alpha value is -3.09. The van der Waals surface area contributed by atoms with E-state index in [0.29, 0.717) is 12.3 Å². The molecule has 16 nitrogen and oxygen atoms in total. The van der Waals surface area contributed by atoms with Crippen LogP contribution in [0.25, 0.3) is 0 Å². The van der Waals surface area contributed by atoms with Crippen molar-refractivity contribution in [3.63, 3.8) is 0 Å². The number of aliphatic hydroxyl groups excluding tert-OH is 1. The minimum absolute atomic E-state index is 0.0259. The van der Waals surface area contributed by atoms with Crippen LogP contribution in [0.2, 0.25) is 0 Å². The smallest absolute Gasteiger partial charge is 0.245 e. The number of rotatable bonds is 9. The standard InChI is InChI=1S/C31H56N10O6S/c1-17(2)15-22-27-23-9-14-48(23)25(38-22)16-36-28(44)19(6-10-32)37-24(43)5-4-13-35-31(47)26(18(3)42)41-30(46)21(8-12-34)40-29(45)20(39-27)7-11-33/h17-22,26,38-39,42H,4-16,32-34H2,1-3H3,(H,35,47)(H,36,44)(H,37,43)(H,40,45)(H,41,46)/t18-,19+,20+,21+,22+,26+,48?/m1/s1. The Morgan fingerprint density at radius 3 is 1.90 bits per heavy atom. The van der Waals surface area contributed by atoms with Crippen LogP contribution in [0.4, 0.5) is 0 Å². The molecule has 14 N–H and O–H groups in total. The van der Waals surface area contributed by atoms with E-state index in [1.807, 2.05) is 0 Å². The van der Waals surface area contributed by atoms with Crippen LogP contribution in [-0.4, -0.2) is 114 Å². The number of amides is 5. The molecule has 0 saturated carbocycles. The van der Waals surface area contributed by atoms with Crippen molar-refractivity contribution in [2.24, 2.45) is 23.1 Å². The van der Waals surface area contributed by atoms with Crippen molar-refractivity contribution >= 4 is 45.0 Å². The third-order valence-electron chi connectivity index (χ3n) is 8.48. The number of allylic oxidation sites excluding steroid dienone is 1. The van der Waals surface area contributed by atoms with E-state index < -0.39 is 48.0 Å². The molecule has 3 heterocycles. The van der Waals surface area contributed by atoms with Crippen molar-refractivity contribution in [3.05, 3.63) is 10.6 Å². The summed E-state index contributed by atoms with van der Waals surface area (Å²) in [5, 5.41) is 31.2. The van der Waals surface area contributed by atoms with Gasteiger partial charge in [0.25, 0.3) is 0 Å². The lowest BCUT2D eigenvalue weighted by Gasteiger charge is -2.41. The fourth-order valence-electron chi connectivity index (χ4n) is 5.90. The van der Waals surface area contributed by atoms with Crippen molar-refractivity contribution in [1.82, 2.24) is 37.2 Å². The summed E-state index contributed by atoms with van der Waals surface area (Å²) in [5.74, 6) is -1.25. The molecule has 3 aliphatic rings. The number of carbonyl (C=O) groups excluding carboxylic acids is 5. The zero-order valence-corrected chi connectivity index (χ0v) is 29.2. The third-order valence-corrected chi connectivity index (χ3v) is 11.0. The molecule has 3 rings (SSSR count). The Balaban J connectivity index is 1.98. The van der Waals surface area contributed by atoms with E-state index in [1.54, 1.807) is 0 Å². The summed E-state index contributed by atoms with van der Waals surface area (Å²) < 4.78 is 0. The maximum atomic E-state index is 13.7. The van der Waals surface area contributed by atoms with Crippen LogP contribution in [-0.2, 0) is 24.0 Å². The molecular weight excluding hydrogens is 640 g/mol. The van der Waals surface area contributed by atoms with Crippen LogP contribution in [0.3, 0.4) is 0 Å². The molecule has 3 aliphatic heterocycles. The van der Waals surface area contributed by atoms with Crippen molar-refractivity contribution in [2.75, 3.05) is 38.5 Å². The van der Waals surface area contributed by atoms with Crippen molar-refractivity contribution in [3.8, 4) is 0 Å². The maximum Gasteiger partial charge on any atom is 0.245 e. The molecule has 48 heavy (non-hydrogen) atoms. The number of aliphatic hydroxyl groups is 1. The predicted octanol–water partition coefficient (Wildman–Crippen LogP) is -3.12. The first-order valence-corrected chi connectivity index (χ1v) is 18.4. The van der Waals surface area contributed by atoms with Gasteiger partial charge in [0, 0.05) is 28.6 Å². The molecule has 272 valence electrons. The Labute approximate surface area is 285 Å². The highest BCUT2D eigenvalue weighted by molar-refractivity contribution is 8.20. The first-order valence-electron chi connectivity index (χ1n) is 17.0. The highest BCUT2D eigenvalue weighted by atomic mass is 32.2. The lowest BCUT2D eigenvalue weighted by Crippen LogP contribution is -2.59. The number of nitrogens with one attached hydrogen (secondary N) is 7. The number of hydrogen-bond donors (Lipinski definition) is 11. The summed E-state index contributed by atoms with van der Waals surface area (Å²) in [6.07, 6.45) is 1.25. The van der Waals surface area contributed by atoms with Gasteiger partial charge in [0.15, 0.2) is 0 Å². The lowest BCUT2D eigenvalue weighted by atomic mass is 9.98. The largest absolute Gasteiger partial charge is 0.391 e. The van der Waals surface area contributed by atoms with Crippen LogP contribution < -0.4 is 54.4 Å². The zero-order chi connectivity index (χ0) is 35.4. The lowest BCUT2D eigenvalue weighted by molar-refractivity contribution is -0.134. The van der Waals surface area contributed by atoms with Crippen LogP contribution in [0.1, 0.15) is 65.7 Å². The Bertz CT molecular complexity index is 1240. The minimum atomic E-state index is -1.32. The highest BCUT2D eigenvalue weighted by Crippen LogP contribution is 2.46. The van der Waals surface area contributed by atoms with Crippen LogP contribution in [0, 0.1) is 5.92 Å². The van der Waals surface area contributed by atoms with Crippen LogP contribution >= 0.6 is 10.5 Å². The van der Waals surface area contributed by atoms with E-state index in [-0.39, 0.29) is 86.7 Å². The second-order valence-corrected chi connectivity index (χ2v) is 15.1. The molecule has 17 heteroatoms. The number of hydrogen-bond acceptors (Lipinski definition) is 11. The van der Waals surface area contributed by atoms with E-state index >= 15 is 0 Å². The summed E-state index contributed by atoms with van der Waals surface area (Å²) in [6, 6.07) is -4.12. The van der Waals surface area contributed by atoms with Crippen LogP contribution in [0.5, 0.6) is 0 Å². The molecular formula is C31H56N10O6S. The molecule has 1 saturated heterocycles. The fraction of sp³-hybridized carbons (Fsp3) is 0.742. The summed E-state index contributed by atoms with van der Waals surface area (Å²) >= 11 is 0. The maximum absolute atomic E-state index is 13.7. The molecule has 0 aromatic heterocycles. The third kappa shape index (κ3) is 11.0. The van der Waals surface area contributed by atoms with Gasteiger partial charge in [0.05, 0.1) is 18.7 Å². The number of nitrogens with two attached hydrogens (primary N) is 3. The average Bonchev–Trinajstić information content (AvgIpc) is 3.00. The van der Waals surface area contributed by atoms with Gasteiger partial charge in [-0.1, -0.05) is 13.8 Å². The molecule has 1 fully saturated rings. The molecule has 1 unspecified atom stereocenters. The molecule has 5 amide bonds. The van der Waals surface area contributed by atoms with Gasteiger partial charge < -0.3 is 54.2 Å². The van der Waals surface area contributed by atoms with Crippen molar-refractivity contribution < 1.29 is 29.1 Å². The van der Waals surface area contributed by atoms with Gasteiger partial charge in [-0.3, -0.25) is 29.3 Å². The monoisotopic (exact) mass is 696 g/mol. The summed E-state index contributed by atoms with van der Waals surface area (Å²) in [5.41, 5.74) is 18.4. The first kappa shape index (κ1) is 39.3. The Morgan fingerprint density at radius 2 is 1.33 bits per heavy atom. The minimum Gasteiger partial charge on any atom is -0.391 e. The van der Waals surface area contributed by atoms with Gasteiger partial charge in [-0.05, 0) is 76.8 Å². The quantitative estimate of drug-likeness (QED) is 0.107. The van der Waals surface area contributed by atoms with Gasteiger partial charge in [0.2, 0.25) is 29.5 Å². The normalized spacial score (nSPS) is 29.1. The fourth-order valence-corrected chi connectivity index (χ4v) is 8.05. The van der Waals surface area contributed by atoms with E-state index in [2.05, 4.69) is 51.1 Å². The molecule has 0 aromatic carbocycles. The second-order valence-electron chi connectivity index (χ2n) is 12.9. The van der Waals surface area contributed by atoms with Crippen molar-refractivity contribution in [1.29, 1.82) is 0 Å². The van der Waals surface area contributed by atoms with E-state index in [4.69, 9.17) is 17.2 Å². The molecule has 0 spiro atoms. The SMILES string of the molecule is CC(C)C[C@@H]1NC2=S3CCC3=C1N[C@@H](CCN)C(=O)N[C@@H](CCN)C(=O)N[C@@H]([C@@H](C)O)C(=O)NCCCC(=O)N[C@@H](CCN)C(=O)NC2. The van der Waals surface area contributed by atoms with E-state index in [9.17, 15) is 29.1 Å². The molecule has 0 radical (unpaired) electrons. The van der Waals surface area contributed by atoms with E-state index in [1.165, 1.54) is 11.8 Å². The van der Waals surface area contributed by atoms with Gasteiger partial charge >= 0.3 is 0 Å². The van der Waals surface area contributed by atoms with E-state index in [0.717, 1.165) is 29.3 Å². The molecule has 0 aliphatic carbocycles. The summed E-state index contributed by atoms with van der Waals surface area (Å²) in [6.45, 7) is 6.44. The summed E-state index contributed by atoms with van der Waals surface area (Å²) in [4.78, 5) is 68.2. The molecule has 7 atom stereocenters. The molecule has 0 aromatic rings. The number of carbonyl (C=O) groups is 5. The zero-order valence-electron chi connectivity index (χ0n) is 28.4. The summed E-state index contributed by atoms with van der Waals surface area (Å²) in [7, 11) is -0.279. The first-order chi connectivity index (χ1) is 22.9. The van der Waals surface area contributed by atoms with Crippen LogP contribution in [0.15, 0.2) is 10.6 Å². The van der Waals surface area contributed by atoms with Gasteiger partial charge in [-0.25, -0.2) is 0 Å². The molecule has 2 bridgehead atoms. The van der Waals surface area contributed by atoms with Gasteiger partial charge in [0.1, 0.15) is 24.2 Å². The Morgan fingerprint density at radius 1 is 0.729 bits per heavy atom. The van der Waals surface area contributed by atoms with Gasteiger partial charge in [-0.15, -0.1) is 10.5 Å². The van der Waals surface area contributed by atoms with Crippen molar-refractivity contribution in [2.45, 2.75) is 102 Å². The van der Waals surface area contributed by atoms with Gasteiger partial charge in [-0.2, -0.15) is 0 Å². The second kappa shape index (κ2) is 19.2. The average molecular weight is 697 g/mol. The topological polar surface area (TPSA) is 268 Å². The Kier molecular flexibility index (Phi) is 15.7.